The summed E-state index contributed by atoms with van der Waals surface area (Å²) in [5, 5.41) is 5.73. The number of nitrogens with zero attached hydrogens (tertiary/aromatic N) is 2. The summed E-state index contributed by atoms with van der Waals surface area (Å²) in [5.41, 5.74) is 1.89. The molecule has 22 heavy (non-hydrogen) atoms. The van der Waals surface area contributed by atoms with Crippen molar-refractivity contribution in [3.05, 3.63) is 53.8 Å². The molecule has 0 saturated heterocycles. The summed E-state index contributed by atoms with van der Waals surface area (Å²) < 4.78 is 18.2. The Bertz CT molecular complexity index is 741. The molecule has 2 aromatic heterocycles. The van der Waals surface area contributed by atoms with E-state index in [1.807, 2.05) is 36.6 Å². The Labute approximate surface area is 131 Å². The molecule has 0 fully saturated rings. The van der Waals surface area contributed by atoms with E-state index in [0.29, 0.717) is 17.6 Å². The van der Waals surface area contributed by atoms with Gasteiger partial charge in [-0.3, -0.25) is 0 Å². The van der Waals surface area contributed by atoms with E-state index in [2.05, 4.69) is 15.3 Å². The van der Waals surface area contributed by atoms with Gasteiger partial charge in [-0.25, -0.2) is 14.4 Å². The lowest BCUT2D eigenvalue weighted by Gasteiger charge is -2.03. The van der Waals surface area contributed by atoms with Gasteiger partial charge in [0.25, 0.3) is 0 Å². The van der Waals surface area contributed by atoms with Gasteiger partial charge in [-0.15, -0.1) is 11.3 Å². The molecule has 0 aliphatic heterocycles. The van der Waals surface area contributed by atoms with Crippen molar-refractivity contribution in [2.45, 2.75) is 6.92 Å². The fraction of sp³-hybridized carbons (Fsp3) is 0.125. The van der Waals surface area contributed by atoms with Crippen LogP contribution in [0.1, 0.15) is 6.92 Å². The first-order chi connectivity index (χ1) is 10.7. The number of benzene rings is 1. The minimum atomic E-state index is -0.361. The molecule has 6 heteroatoms. The smallest absolute Gasteiger partial charge is 0.188 e. The Morgan fingerprint density at radius 2 is 2.00 bits per heavy atom. The van der Waals surface area contributed by atoms with E-state index >= 15 is 0 Å². The van der Waals surface area contributed by atoms with Gasteiger partial charge in [-0.05, 0) is 43.3 Å². The van der Waals surface area contributed by atoms with Gasteiger partial charge in [0.2, 0.25) is 0 Å². The first kappa shape index (κ1) is 14.5. The van der Waals surface area contributed by atoms with Crippen LogP contribution in [0.15, 0.2) is 48.0 Å². The summed E-state index contributed by atoms with van der Waals surface area (Å²) in [7, 11) is 0. The highest BCUT2D eigenvalue weighted by atomic mass is 32.1. The topological polar surface area (TPSA) is 47.0 Å². The maximum absolute atomic E-state index is 12.8. The van der Waals surface area contributed by atoms with Gasteiger partial charge in [-0.1, -0.05) is 0 Å². The van der Waals surface area contributed by atoms with Gasteiger partial charge >= 0.3 is 0 Å². The molecule has 0 saturated carbocycles. The number of nitrogens with one attached hydrogen (secondary N) is 1. The third-order valence-electron chi connectivity index (χ3n) is 2.93. The molecule has 0 unspecified atom stereocenters. The van der Waals surface area contributed by atoms with Crippen LogP contribution in [0.5, 0.6) is 5.75 Å². The molecule has 1 N–H and O–H groups in total. The fourth-order valence-corrected chi connectivity index (χ4v) is 2.64. The zero-order valence-electron chi connectivity index (χ0n) is 11.9. The van der Waals surface area contributed by atoms with Crippen LogP contribution in [0.25, 0.3) is 11.3 Å². The second-order valence-electron chi connectivity index (χ2n) is 4.48. The van der Waals surface area contributed by atoms with Gasteiger partial charge in [0.05, 0.1) is 18.5 Å². The zero-order chi connectivity index (χ0) is 15.4. The van der Waals surface area contributed by atoms with Crippen molar-refractivity contribution in [1.82, 2.24) is 9.97 Å². The van der Waals surface area contributed by atoms with Crippen molar-refractivity contribution < 1.29 is 9.13 Å². The van der Waals surface area contributed by atoms with Crippen molar-refractivity contribution in [2.75, 3.05) is 11.9 Å². The average Bonchev–Trinajstić information content (AvgIpc) is 2.99. The average molecular weight is 315 g/mol. The summed E-state index contributed by atoms with van der Waals surface area (Å²) in [4.78, 5) is 8.46. The van der Waals surface area contributed by atoms with Crippen LogP contribution in [0.3, 0.4) is 0 Å². The summed E-state index contributed by atoms with van der Waals surface area (Å²) in [6, 6.07) is 10.7. The van der Waals surface area contributed by atoms with E-state index in [0.717, 1.165) is 17.0 Å². The van der Waals surface area contributed by atoms with Crippen molar-refractivity contribution >= 4 is 22.3 Å². The van der Waals surface area contributed by atoms with Crippen LogP contribution in [0, 0.1) is 5.82 Å². The van der Waals surface area contributed by atoms with Crippen LogP contribution in [0.2, 0.25) is 0 Å². The van der Waals surface area contributed by atoms with Crippen molar-refractivity contribution in [3.8, 4) is 17.0 Å². The zero-order valence-corrected chi connectivity index (χ0v) is 12.7. The third-order valence-corrected chi connectivity index (χ3v) is 3.69. The quantitative estimate of drug-likeness (QED) is 0.754. The van der Waals surface area contributed by atoms with Crippen LogP contribution in [-0.2, 0) is 0 Å². The second-order valence-corrected chi connectivity index (χ2v) is 5.34. The molecule has 2 heterocycles. The standard InChI is InChI=1S/C16H14FN3OS/c1-2-21-13-6-3-11(4-7-13)14-10-22-16(19-14)20-15-8-5-12(17)9-18-15/h3-10H,2H2,1H3,(H,18,19,20). The number of hydrogen-bond donors (Lipinski definition) is 1. The van der Waals surface area contributed by atoms with Gasteiger partial charge in [-0.2, -0.15) is 0 Å². The largest absolute Gasteiger partial charge is 0.494 e. The number of anilines is 2. The SMILES string of the molecule is CCOc1ccc(-c2csc(Nc3ccc(F)cn3)n2)cc1. The first-order valence-corrected chi connectivity index (χ1v) is 7.70. The van der Waals surface area contributed by atoms with Crippen LogP contribution in [-0.4, -0.2) is 16.6 Å². The monoisotopic (exact) mass is 315 g/mol. The van der Waals surface area contributed by atoms with Gasteiger partial charge in [0, 0.05) is 10.9 Å². The second kappa shape index (κ2) is 6.53. The Balaban J connectivity index is 1.74. The van der Waals surface area contributed by atoms with Crippen LogP contribution >= 0.6 is 11.3 Å². The highest BCUT2D eigenvalue weighted by molar-refractivity contribution is 7.14. The van der Waals surface area contributed by atoms with Gasteiger partial charge in [0.1, 0.15) is 17.4 Å². The van der Waals surface area contributed by atoms with E-state index in [1.165, 1.54) is 23.6 Å². The molecular weight excluding hydrogens is 301 g/mol. The van der Waals surface area contributed by atoms with E-state index < -0.39 is 0 Å². The number of ether oxygens (including phenoxy) is 1. The molecule has 112 valence electrons. The Kier molecular flexibility index (Phi) is 4.29. The maximum Gasteiger partial charge on any atom is 0.188 e. The van der Waals surface area contributed by atoms with Crippen molar-refractivity contribution in [2.24, 2.45) is 0 Å². The molecule has 1 aromatic carbocycles. The lowest BCUT2D eigenvalue weighted by Crippen LogP contribution is -1.93. The Morgan fingerprint density at radius 3 is 2.68 bits per heavy atom. The number of hydrogen-bond acceptors (Lipinski definition) is 5. The predicted octanol–water partition coefficient (Wildman–Crippen LogP) is 4.49. The minimum Gasteiger partial charge on any atom is -0.494 e. The lowest BCUT2D eigenvalue weighted by atomic mass is 10.2. The van der Waals surface area contributed by atoms with E-state index in [4.69, 9.17) is 4.74 Å². The predicted molar refractivity (Wildman–Crippen MR) is 86.2 cm³/mol. The van der Waals surface area contributed by atoms with Gasteiger partial charge < -0.3 is 10.1 Å². The summed E-state index contributed by atoms with van der Waals surface area (Å²) in [6.45, 7) is 2.60. The number of rotatable bonds is 5. The molecule has 3 rings (SSSR count). The van der Waals surface area contributed by atoms with Crippen LogP contribution in [0.4, 0.5) is 15.3 Å². The number of aromatic nitrogens is 2. The van der Waals surface area contributed by atoms with Crippen molar-refractivity contribution in [1.29, 1.82) is 0 Å². The van der Waals surface area contributed by atoms with E-state index in [1.54, 1.807) is 6.07 Å². The molecular formula is C16H14FN3OS. The highest BCUT2D eigenvalue weighted by Crippen LogP contribution is 2.27. The first-order valence-electron chi connectivity index (χ1n) is 6.82. The number of halogens is 1. The highest BCUT2D eigenvalue weighted by Gasteiger charge is 2.06. The molecule has 0 bridgehead atoms. The van der Waals surface area contributed by atoms with E-state index in [9.17, 15) is 4.39 Å². The molecule has 4 nitrogen and oxygen atoms in total. The molecule has 0 spiro atoms. The minimum absolute atomic E-state index is 0.361. The third kappa shape index (κ3) is 3.40. The number of pyridine rings is 1. The van der Waals surface area contributed by atoms with E-state index in [-0.39, 0.29) is 5.82 Å². The molecule has 0 radical (unpaired) electrons. The summed E-state index contributed by atoms with van der Waals surface area (Å²) in [6.07, 6.45) is 1.17. The summed E-state index contributed by atoms with van der Waals surface area (Å²) >= 11 is 1.47. The molecule has 0 amide bonds. The maximum atomic E-state index is 12.8. The number of thiazole rings is 1. The van der Waals surface area contributed by atoms with Crippen molar-refractivity contribution in [3.63, 3.8) is 0 Å². The molecule has 0 aliphatic rings. The molecule has 0 aliphatic carbocycles. The summed E-state index contributed by atoms with van der Waals surface area (Å²) in [5.74, 6) is 1.05. The Hall–Kier alpha value is -2.47. The molecule has 0 atom stereocenters. The lowest BCUT2D eigenvalue weighted by molar-refractivity contribution is 0.340. The van der Waals surface area contributed by atoms with Crippen LogP contribution < -0.4 is 10.1 Å². The fourth-order valence-electron chi connectivity index (χ4n) is 1.91. The Morgan fingerprint density at radius 1 is 1.18 bits per heavy atom. The normalized spacial score (nSPS) is 10.5. The molecule has 3 aromatic rings. The van der Waals surface area contributed by atoms with Gasteiger partial charge in [0.15, 0.2) is 5.13 Å².